The Bertz CT molecular complexity index is 761. The van der Waals surface area contributed by atoms with Crippen molar-refractivity contribution in [1.82, 2.24) is 16.0 Å². The van der Waals surface area contributed by atoms with E-state index in [1.807, 2.05) is 36.0 Å². The van der Waals surface area contributed by atoms with Crippen molar-refractivity contribution >= 4 is 47.7 Å². The van der Waals surface area contributed by atoms with Crippen molar-refractivity contribution in [1.29, 1.82) is 0 Å². The number of fused-ring (bicyclic) bond motifs is 2. The summed E-state index contributed by atoms with van der Waals surface area (Å²) in [5.41, 5.74) is 1.00. The molecular weight excluding hydrogens is 466 g/mol. The van der Waals surface area contributed by atoms with Crippen molar-refractivity contribution in [3.63, 3.8) is 0 Å². The van der Waals surface area contributed by atoms with Crippen LogP contribution in [0.5, 0.6) is 5.75 Å². The molecule has 1 heterocycles. The maximum atomic E-state index is 13.0. The third-order valence-corrected chi connectivity index (χ3v) is 8.97. The van der Waals surface area contributed by atoms with E-state index in [4.69, 9.17) is 4.74 Å². The molecule has 1 aliphatic heterocycles. The molecule has 1 aromatic rings. The Labute approximate surface area is 205 Å². The second kappa shape index (κ2) is 12.4. The van der Waals surface area contributed by atoms with Gasteiger partial charge >= 0.3 is 0 Å². The van der Waals surface area contributed by atoms with E-state index in [-0.39, 0.29) is 30.3 Å². The van der Waals surface area contributed by atoms with Crippen molar-refractivity contribution in [2.75, 3.05) is 30.2 Å². The van der Waals surface area contributed by atoms with Gasteiger partial charge in [-0.2, -0.15) is 11.8 Å². The largest absolute Gasteiger partial charge is 0.497 e. The first kappa shape index (κ1) is 25.5. The maximum absolute atomic E-state index is 13.0. The van der Waals surface area contributed by atoms with Crippen molar-refractivity contribution < 1.29 is 14.3 Å². The molecule has 3 fully saturated rings. The average Bonchev–Trinajstić information content (AvgIpc) is 3.56. The Morgan fingerprint density at radius 1 is 1.25 bits per heavy atom. The van der Waals surface area contributed by atoms with Crippen LogP contribution in [0.4, 0.5) is 0 Å². The molecule has 0 radical (unpaired) electrons. The number of hydrogen-bond donors (Lipinski definition) is 3. The summed E-state index contributed by atoms with van der Waals surface area (Å²) in [6, 6.07) is 6.93. The Balaban J connectivity index is 0.00000289. The van der Waals surface area contributed by atoms with E-state index < -0.39 is 6.04 Å². The van der Waals surface area contributed by atoms with E-state index in [1.165, 1.54) is 25.7 Å². The standard InChI is InChI=1S/C23H33N3O3S2.ClH/c1-29-19-6-3-15(4-7-19)10-24-22(27)21(26-23(28)20-12-31-14-25-20)13-30-11-18-9-16-2-5-17(18)8-16;/h3-4,6-7,16-18,20-21,25H,2,5,8-14H2,1H3,(H,24,27)(H,26,28);1H/t16-,17-,18-,20-,21-;/m0./s1. The van der Waals surface area contributed by atoms with E-state index in [1.54, 1.807) is 18.9 Å². The number of hydrogen-bond acceptors (Lipinski definition) is 6. The molecule has 0 spiro atoms. The summed E-state index contributed by atoms with van der Waals surface area (Å²) in [6.07, 6.45) is 5.54. The van der Waals surface area contributed by atoms with Gasteiger partial charge in [-0.3, -0.25) is 14.9 Å². The number of methoxy groups -OCH3 is 1. The molecule has 3 N–H and O–H groups in total. The Morgan fingerprint density at radius 2 is 2.06 bits per heavy atom. The van der Waals surface area contributed by atoms with Gasteiger partial charge in [-0.1, -0.05) is 18.6 Å². The molecule has 5 atom stereocenters. The molecule has 2 aliphatic carbocycles. The number of nitrogens with one attached hydrogen (secondary N) is 3. The smallest absolute Gasteiger partial charge is 0.243 e. The van der Waals surface area contributed by atoms with Gasteiger partial charge in [-0.05, 0) is 60.5 Å². The summed E-state index contributed by atoms with van der Waals surface area (Å²) in [7, 11) is 1.64. The molecule has 9 heteroatoms. The number of amides is 2. The molecule has 0 aromatic heterocycles. The fourth-order valence-electron chi connectivity index (χ4n) is 4.99. The van der Waals surface area contributed by atoms with E-state index >= 15 is 0 Å². The Morgan fingerprint density at radius 3 is 2.69 bits per heavy atom. The van der Waals surface area contributed by atoms with Crippen LogP contribution in [0.25, 0.3) is 0 Å². The minimum atomic E-state index is -0.512. The van der Waals surface area contributed by atoms with E-state index in [9.17, 15) is 9.59 Å². The molecule has 2 saturated carbocycles. The van der Waals surface area contributed by atoms with Gasteiger partial charge in [-0.15, -0.1) is 24.2 Å². The monoisotopic (exact) mass is 499 g/mol. The third kappa shape index (κ3) is 6.72. The SMILES string of the molecule is COc1ccc(CNC(=O)[C@H](CSC[C@@H]2C[C@H]3CC[C@H]2C3)NC(=O)[C@@H]2CSCN2)cc1.Cl. The van der Waals surface area contributed by atoms with Crippen LogP contribution < -0.4 is 20.7 Å². The lowest BCUT2D eigenvalue weighted by molar-refractivity contribution is -0.129. The van der Waals surface area contributed by atoms with Crippen LogP contribution in [0.3, 0.4) is 0 Å². The summed E-state index contributed by atoms with van der Waals surface area (Å²) in [6.45, 7) is 0.434. The third-order valence-electron chi connectivity index (χ3n) is 6.79. The van der Waals surface area contributed by atoms with E-state index in [0.29, 0.717) is 12.3 Å². The molecule has 2 bridgehead atoms. The molecule has 1 saturated heterocycles. The molecule has 3 aliphatic rings. The zero-order valence-corrected chi connectivity index (χ0v) is 21.0. The van der Waals surface area contributed by atoms with Crippen LogP contribution in [-0.2, 0) is 16.1 Å². The van der Waals surface area contributed by atoms with E-state index in [0.717, 1.165) is 46.4 Å². The summed E-state index contributed by atoms with van der Waals surface area (Å²) >= 11 is 3.53. The molecule has 2 amide bonds. The van der Waals surface area contributed by atoms with Gasteiger partial charge in [0.05, 0.1) is 13.2 Å². The van der Waals surface area contributed by atoms with Gasteiger partial charge in [0.25, 0.3) is 0 Å². The summed E-state index contributed by atoms with van der Waals surface area (Å²) in [4.78, 5) is 25.6. The average molecular weight is 500 g/mol. The van der Waals surface area contributed by atoms with Gasteiger partial charge < -0.3 is 15.4 Å². The first-order valence-corrected chi connectivity index (χ1v) is 13.5. The number of halogens is 1. The highest BCUT2D eigenvalue weighted by Gasteiger charge is 2.39. The number of rotatable bonds is 10. The quantitative estimate of drug-likeness (QED) is 0.459. The molecule has 6 nitrogen and oxygen atoms in total. The highest BCUT2D eigenvalue weighted by Crippen LogP contribution is 2.49. The highest BCUT2D eigenvalue weighted by atomic mass is 35.5. The summed E-state index contributed by atoms with van der Waals surface area (Å²) < 4.78 is 5.18. The fourth-order valence-corrected chi connectivity index (χ4v) is 7.25. The number of ether oxygens (including phenoxy) is 1. The predicted octanol–water partition coefficient (Wildman–Crippen LogP) is 3.05. The zero-order chi connectivity index (χ0) is 21.6. The second-order valence-corrected chi connectivity index (χ2v) is 11.0. The van der Waals surface area contributed by atoms with Crippen molar-refractivity contribution in [2.24, 2.45) is 17.8 Å². The lowest BCUT2D eigenvalue weighted by atomic mass is 9.90. The minimum Gasteiger partial charge on any atom is -0.497 e. The Kier molecular flexibility index (Phi) is 9.89. The normalized spacial score (nSPS) is 26.9. The highest BCUT2D eigenvalue weighted by molar-refractivity contribution is 7.99. The van der Waals surface area contributed by atoms with Gasteiger partial charge in [0.1, 0.15) is 11.8 Å². The van der Waals surface area contributed by atoms with Crippen LogP contribution in [0.15, 0.2) is 24.3 Å². The molecule has 1 aromatic carbocycles. The molecule has 178 valence electrons. The zero-order valence-electron chi connectivity index (χ0n) is 18.5. The minimum absolute atomic E-state index is 0. The molecular formula is C23H34ClN3O3S2. The van der Waals surface area contributed by atoms with Crippen molar-refractivity contribution in [3.8, 4) is 5.75 Å². The van der Waals surface area contributed by atoms with Crippen LogP contribution >= 0.6 is 35.9 Å². The van der Waals surface area contributed by atoms with E-state index in [2.05, 4.69) is 16.0 Å². The van der Waals surface area contributed by atoms with Crippen LogP contribution in [0.1, 0.15) is 31.2 Å². The number of thioether (sulfide) groups is 2. The molecule has 4 rings (SSSR count). The topological polar surface area (TPSA) is 79.5 Å². The lowest BCUT2D eigenvalue weighted by Crippen LogP contribution is -2.53. The van der Waals surface area contributed by atoms with Gasteiger partial charge in [0, 0.05) is 23.9 Å². The number of benzene rings is 1. The number of carbonyl (C=O) groups excluding carboxylic acids is 2. The summed E-state index contributed by atoms with van der Waals surface area (Å²) in [5, 5.41) is 9.20. The van der Waals surface area contributed by atoms with Gasteiger partial charge in [-0.25, -0.2) is 0 Å². The first-order valence-electron chi connectivity index (χ1n) is 11.2. The van der Waals surface area contributed by atoms with Crippen LogP contribution in [-0.4, -0.2) is 54.1 Å². The maximum Gasteiger partial charge on any atom is 0.243 e. The van der Waals surface area contributed by atoms with Gasteiger partial charge in [0.15, 0.2) is 0 Å². The van der Waals surface area contributed by atoms with Crippen LogP contribution in [0.2, 0.25) is 0 Å². The predicted molar refractivity (Wildman–Crippen MR) is 135 cm³/mol. The lowest BCUT2D eigenvalue weighted by Gasteiger charge is -2.23. The Hall–Kier alpha value is -1.09. The first-order chi connectivity index (χ1) is 15.1. The molecule has 32 heavy (non-hydrogen) atoms. The molecule has 0 unspecified atom stereocenters. The van der Waals surface area contributed by atoms with Crippen molar-refractivity contribution in [2.45, 2.75) is 44.3 Å². The fraction of sp³-hybridized carbons (Fsp3) is 0.652. The number of carbonyl (C=O) groups is 2. The van der Waals surface area contributed by atoms with Gasteiger partial charge in [0.2, 0.25) is 11.8 Å². The summed E-state index contributed by atoms with van der Waals surface area (Å²) in [5.74, 6) is 6.46. The van der Waals surface area contributed by atoms with Crippen molar-refractivity contribution in [3.05, 3.63) is 29.8 Å². The second-order valence-electron chi connectivity index (χ2n) is 8.87. The van der Waals surface area contributed by atoms with Crippen LogP contribution in [0, 0.1) is 17.8 Å².